The van der Waals surface area contributed by atoms with Crippen LogP contribution < -0.4 is 5.32 Å². The molecule has 1 N–H and O–H groups in total. The second kappa shape index (κ2) is 8.40. The van der Waals surface area contributed by atoms with Crippen LogP contribution in [0.15, 0.2) is 0 Å². The minimum atomic E-state index is -0.222. The van der Waals surface area contributed by atoms with Crippen molar-refractivity contribution >= 4 is 11.7 Å². The van der Waals surface area contributed by atoms with Gasteiger partial charge in [0.2, 0.25) is 5.91 Å². The molecule has 0 aliphatic heterocycles. The summed E-state index contributed by atoms with van der Waals surface area (Å²) in [5.74, 6) is 0.212. The van der Waals surface area contributed by atoms with Crippen LogP contribution in [0.4, 0.5) is 0 Å². The van der Waals surface area contributed by atoms with Crippen molar-refractivity contribution in [1.82, 2.24) is 5.32 Å². The molecule has 0 saturated carbocycles. The lowest BCUT2D eigenvalue weighted by molar-refractivity contribution is -0.127. The normalized spacial score (nSPS) is 12.3. The highest BCUT2D eigenvalue weighted by Crippen LogP contribution is 2.20. The molecule has 0 bridgehead atoms. The molecule has 1 amide bonds. The molecule has 0 radical (unpaired) electrons. The van der Waals surface area contributed by atoms with Gasteiger partial charge < -0.3 is 10.1 Å². The van der Waals surface area contributed by atoms with Crippen LogP contribution in [-0.2, 0) is 14.3 Å². The van der Waals surface area contributed by atoms with Crippen molar-refractivity contribution in [2.75, 3.05) is 13.2 Å². The third kappa shape index (κ3) is 13.5. The summed E-state index contributed by atoms with van der Waals surface area (Å²) in [6.07, 6.45) is 2.88. The Hall–Kier alpha value is -0.900. The SMILES string of the molecule is CC(C)(C)CC(=O)CCCCOCC(=O)NC(C)(C)C. The lowest BCUT2D eigenvalue weighted by atomic mass is 9.88. The van der Waals surface area contributed by atoms with Crippen molar-refractivity contribution in [2.24, 2.45) is 5.41 Å². The van der Waals surface area contributed by atoms with E-state index in [1.165, 1.54) is 0 Å². The van der Waals surface area contributed by atoms with Crippen molar-refractivity contribution in [3.05, 3.63) is 0 Å². The Balaban J connectivity index is 3.54. The lowest BCUT2D eigenvalue weighted by Gasteiger charge is -2.20. The molecule has 0 fully saturated rings. The van der Waals surface area contributed by atoms with Gasteiger partial charge in [0.1, 0.15) is 12.4 Å². The highest BCUT2D eigenvalue weighted by Gasteiger charge is 2.15. The maximum atomic E-state index is 11.7. The number of carbonyl (C=O) groups excluding carboxylic acids is 2. The van der Waals surface area contributed by atoms with Gasteiger partial charge in [-0.15, -0.1) is 0 Å². The van der Waals surface area contributed by atoms with E-state index >= 15 is 0 Å². The van der Waals surface area contributed by atoms with Gasteiger partial charge in [0, 0.05) is 25.0 Å². The standard InChI is InChI=1S/C16H31NO3/c1-15(2,3)11-13(18)9-7-8-10-20-12-14(19)17-16(4,5)6/h7-12H2,1-6H3,(H,17,19). The van der Waals surface area contributed by atoms with Crippen LogP contribution in [0.2, 0.25) is 0 Å². The van der Waals surface area contributed by atoms with Gasteiger partial charge in [-0.1, -0.05) is 20.8 Å². The molecule has 0 aliphatic carbocycles. The van der Waals surface area contributed by atoms with E-state index in [4.69, 9.17) is 4.74 Å². The second-order valence-corrected chi connectivity index (χ2v) is 7.58. The number of rotatable bonds is 8. The smallest absolute Gasteiger partial charge is 0.246 e. The first-order valence-corrected chi connectivity index (χ1v) is 7.40. The van der Waals surface area contributed by atoms with Crippen molar-refractivity contribution in [2.45, 2.75) is 72.8 Å². The van der Waals surface area contributed by atoms with Gasteiger partial charge in [0.15, 0.2) is 0 Å². The van der Waals surface area contributed by atoms with Crippen molar-refractivity contribution in [1.29, 1.82) is 0 Å². The fourth-order valence-electron chi connectivity index (χ4n) is 1.83. The molecule has 0 spiro atoms. The fraction of sp³-hybridized carbons (Fsp3) is 0.875. The zero-order valence-corrected chi connectivity index (χ0v) is 14.0. The number of hydrogen-bond donors (Lipinski definition) is 1. The van der Waals surface area contributed by atoms with Gasteiger partial charge in [-0.3, -0.25) is 9.59 Å². The summed E-state index contributed by atoms with van der Waals surface area (Å²) in [5, 5.41) is 2.84. The molecule has 0 atom stereocenters. The quantitative estimate of drug-likeness (QED) is 0.697. The van der Waals surface area contributed by atoms with Crippen LogP contribution in [0.25, 0.3) is 0 Å². The van der Waals surface area contributed by atoms with E-state index in [0.29, 0.717) is 25.2 Å². The van der Waals surface area contributed by atoms with Crippen LogP contribution >= 0.6 is 0 Å². The molecule has 0 saturated heterocycles. The van der Waals surface area contributed by atoms with Crippen LogP contribution in [0.5, 0.6) is 0 Å². The summed E-state index contributed by atoms with van der Waals surface area (Å²) in [6.45, 7) is 12.6. The van der Waals surface area contributed by atoms with Gasteiger partial charge in [-0.05, 0) is 39.0 Å². The predicted octanol–water partition coefficient (Wildman–Crippen LogP) is 3.09. The summed E-state index contributed by atoms with van der Waals surface area (Å²) in [5.41, 5.74) is -0.154. The predicted molar refractivity (Wildman–Crippen MR) is 81.6 cm³/mol. The molecule has 0 unspecified atom stereocenters. The molecule has 20 heavy (non-hydrogen) atoms. The van der Waals surface area contributed by atoms with Gasteiger partial charge in [-0.25, -0.2) is 0 Å². The van der Waals surface area contributed by atoms with E-state index in [-0.39, 0.29) is 23.5 Å². The third-order valence-corrected chi connectivity index (χ3v) is 2.47. The minimum absolute atomic E-state index is 0.0681. The maximum Gasteiger partial charge on any atom is 0.246 e. The van der Waals surface area contributed by atoms with Crippen LogP contribution in [0.3, 0.4) is 0 Å². The lowest BCUT2D eigenvalue weighted by Crippen LogP contribution is -2.42. The zero-order valence-electron chi connectivity index (χ0n) is 14.0. The highest BCUT2D eigenvalue weighted by atomic mass is 16.5. The average molecular weight is 285 g/mol. The monoisotopic (exact) mass is 285 g/mol. The molecule has 118 valence electrons. The van der Waals surface area contributed by atoms with Gasteiger partial charge >= 0.3 is 0 Å². The van der Waals surface area contributed by atoms with E-state index < -0.39 is 0 Å². The van der Waals surface area contributed by atoms with Gasteiger partial charge in [0.25, 0.3) is 0 Å². The Morgan fingerprint density at radius 1 is 1.00 bits per heavy atom. The fourth-order valence-corrected chi connectivity index (χ4v) is 1.83. The molecule has 0 heterocycles. The molecular weight excluding hydrogens is 254 g/mol. The molecule has 0 aliphatic rings. The molecular formula is C16H31NO3. The zero-order chi connectivity index (χ0) is 15.8. The summed E-state index contributed by atoms with van der Waals surface area (Å²) in [4.78, 5) is 23.1. The molecule has 0 rings (SSSR count). The first kappa shape index (κ1) is 19.1. The number of nitrogens with one attached hydrogen (secondary N) is 1. The molecule has 0 aromatic heterocycles. The number of Topliss-reactive ketones (excluding diaryl/α,β-unsaturated/α-hetero) is 1. The maximum absolute atomic E-state index is 11.7. The second-order valence-electron chi connectivity index (χ2n) is 7.58. The van der Waals surface area contributed by atoms with E-state index in [2.05, 4.69) is 26.1 Å². The summed E-state index contributed by atoms with van der Waals surface area (Å²) < 4.78 is 5.30. The molecule has 4 nitrogen and oxygen atoms in total. The van der Waals surface area contributed by atoms with E-state index in [9.17, 15) is 9.59 Å². The Labute approximate surface area is 123 Å². The Morgan fingerprint density at radius 3 is 2.10 bits per heavy atom. The minimum Gasteiger partial charge on any atom is -0.372 e. The number of amides is 1. The van der Waals surface area contributed by atoms with Crippen LogP contribution in [-0.4, -0.2) is 30.4 Å². The highest BCUT2D eigenvalue weighted by molar-refractivity contribution is 5.79. The summed E-state index contributed by atoms with van der Waals surface area (Å²) >= 11 is 0. The van der Waals surface area contributed by atoms with Crippen molar-refractivity contribution in [3.63, 3.8) is 0 Å². The Kier molecular flexibility index (Phi) is 8.02. The molecule has 0 aromatic carbocycles. The first-order chi connectivity index (χ1) is 8.99. The van der Waals surface area contributed by atoms with Gasteiger partial charge in [-0.2, -0.15) is 0 Å². The van der Waals surface area contributed by atoms with E-state index in [0.717, 1.165) is 12.8 Å². The molecule has 4 heteroatoms. The van der Waals surface area contributed by atoms with Crippen LogP contribution in [0.1, 0.15) is 67.2 Å². The average Bonchev–Trinajstić information content (AvgIpc) is 2.17. The topological polar surface area (TPSA) is 55.4 Å². The van der Waals surface area contributed by atoms with Crippen LogP contribution in [0, 0.1) is 5.41 Å². The van der Waals surface area contributed by atoms with Crippen molar-refractivity contribution < 1.29 is 14.3 Å². The van der Waals surface area contributed by atoms with E-state index in [1.807, 2.05) is 20.8 Å². The number of hydrogen-bond acceptors (Lipinski definition) is 3. The number of unbranched alkanes of at least 4 members (excludes halogenated alkanes) is 1. The number of carbonyl (C=O) groups is 2. The van der Waals surface area contributed by atoms with Crippen molar-refractivity contribution in [3.8, 4) is 0 Å². The Bertz CT molecular complexity index is 279. The summed E-state index contributed by atoms with van der Waals surface area (Å²) in [7, 11) is 0. The van der Waals surface area contributed by atoms with E-state index in [1.54, 1.807) is 0 Å². The summed E-state index contributed by atoms with van der Waals surface area (Å²) in [6, 6.07) is 0. The number of ether oxygens (including phenoxy) is 1. The van der Waals surface area contributed by atoms with Gasteiger partial charge in [0.05, 0.1) is 0 Å². The third-order valence-electron chi connectivity index (χ3n) is 2.47. The first-order valence-electron chi connectivity index (χ1n) is 7.40. The Morgan fingerprint density at radius 2 is 1.60 bits per heavy atom. The molecule has 0 aromatic rings. The number of ketones is 1. The largest absolute Gasteiger partial charge is 0.372 e.